The quantitative estimate of drug-likeness (QED) is 0.195. The maximum absolute atomic E-state index is 13.8. The molecule has 0 fully saturated rings. The molecule has 0 saturated carbocycles. The van der Waals surface area contributed by atoms with Crippen LogP contribution in [0.3, 0.4) is 0 Å². The molecule has 0 aliphatic rings. The van der Waals surface area contributed by atoms with Crippen LogP contribution >= 0.6 is 0 Å². The number of sulfonamides is 1. The topological polar surface area (TPSA) is 176 Å². The molecule has 0 atom stereocenters. The second-order valence-electron chi connectivity index (χ2n) is 11.0. The molecule has 15 heteroatoms. The number of methoxy groups -OCH3 is 1. The molecule has 2 aromatic carbocycles. The van der Waals surface area contributed by atoms with E-state index in [0.717, 1.165) is 5.56 Å². The van der Waals surface area contributed by atoms with Crippen molar-refractivity contribution in [2.24, 2.45) is 0 Å². The van der Waals surface area contributed by atoms with Crippen molar-refractivity contribution >= 4 is 15.8 Å². The van der Waals surface area contributed by atoms with Crippen molar-refractivity contribution in [3.8, 4) is 46.0 Å². The molecule has 0 amide bonds. The number of tetrazole rings is 1. The molecule has 14 nitrogen and oxygen atoms in total. The maximum atomic E-state index is 13.8. The number of anilines is 1. The van der Waals surface area contributed by atoms with E-state index < -0.39 is 10.0 Å². The molecule has 0 spiro atoms. The second-order valence-corrected chi connectivity index (χ2v) is 12.6. The van der Waals surface area contributed by atoms with E-state index in [2.05, 4.69) is 35.1 Å². The molecule has 5 aromatic rings. The van der Waals surface area contributed by atoms with Crippen LogP contribution in [0, 0.1) is 0 Å². The summed E-state index contributed by atoms with van der Waals surface area (Å²) >= 11 is 0. The van der Waals surface area contributed by atoms with Gasteiger partial charge in [-0.05, 0) is 59.5 Å². The molecule has 3 aromatic heterocycles. The predicted octanol–water partition coefficient (Wildman–Crippen LogP) is 4.48. The normalized spacial score (nSPS) is 11.7. The summed E-state index contributed by atoms with van der Waals surface area (Å²) in [5.74, 6) is 0.512. The zero-order chi connectivity index (χ0) is 32.9. The van der Waals surface area contributed by atoms with Crippen molar-refractivity contribution < 1.29 is 27.7 Å². The van der Waals surface area contributed by atoms with Gasteiger partial charge in [-0.1, -0.05) is 45.0 Å². The van der Waals surface area contributed by atoms with E-state index >= 15 is 0 Å². The Labute approximate surface area is 266 Å². The van der Waals surface area contributed by atoms with Crippen LogP contribution in [0.4, 0.5) is 5.82 Å². The van der Waals surface area contributed by atoms with Crippen LogP contribution in [0.15, 0.2) is 71.8 Å². The highest BCUT2D eigenvalue weighted by atomic mass is 32.2. The first kappa shape index (κ1) is 32.2. The number of rotatable bonds is 12. The van der Waals surface area contributed by atoms with Crippen LogP contribution in [0.2, 0.25) is 0 Å². The van der Waals surface area contributed by atoms with E-state index in [9.17, 15) is 13.5 Å². The molecule has 0 aliphatic carbocycles. The van der Waals surface area contributed by atoms with Gasteiger partial charge in [0.1, 0.15) is 12.3 Å². The number of nitrogens with one attached hydrogen (secondary N) is 1. The van der Waals surface area contributed by atoms with Gasteiger partial charge in [-0.25, -0.2) is 13.4 Å². The van der Waals surface area contributed by atoms with Crippen LogP contribution in [0.25, 0.3) is 22.9 Å². The molecule has 0 unspecified atom stereocenters. The number of hydrogen-bond donors (Lipinski definition) is 2. The number of aliphatic hydroxyl groups is 1. The van der Waals surface area contributed by atoms with Crippen molar-refractivity contribution in [2.45, 2.75) is 44.6 Å². The number of aromatic nitrogens is 7. The number of ether oxygens (including phenoxy) is 3. The summed E-state index contributed by atoms with van der Waals surface area (Å²) in [4.78, 5) is 14.9. The number of benzene rings is 2. The summed E-state index contributed by atoms with van der Waals surface area (Å²) in [5, 5.41) is 21.9. The summed E-state index contributed by atoms with van der Waals surface area (Å²) in [7, 11) is -2.72. The van der Waals surface area contributed by atoms with E-state index in [1.807, 2.05) is 27.7 Å². The monoisotopic (exact) mass is 646 g/mol. The van der Waals surface area contributed by atoms with Crippen LogP contribution in [-0.2, 0) is 22.0 Å². The van der Waals surface area contributed by atoms with Crippen LogP contribution in [0.5, 0.6) is 23.1 Å². The minimum Gasteiger partial charge on any atom is -0.493 e. The largest absolute Gasteiger partial charge is 0.493 e. The van der Waals surface area contributed by atoms with Gasteiger partial charge < -0.3 is 19.3 Å². The Hall–Kier alpha value is -5.15. The van der Waals surface area contributed by atoms with E-state index in [1.54, 1.807) is 48.5 Å². The summed E-state index contributed by atoms with van der Waals surface area (Å²) in [6.45, 7) is 8.03. The summed E-state index contributed by atoms with van der Waals surface area (Å²) < 4.78 is 47.5. The smallest absolute Gasteiger partial charge is 0.263 e. The molecular formula is C31H34N8O6S. The minimum absolute atomic E-state index is 0.0120. The van der Waals surface area contributed by atoms with Gasteiger partial charge in [-0.3, -0.25) is 9.71 Å². The predicted molar refractivity (Wildman–Crippen MR) is 169 cm³/mol. The first-order chi connectivity index (χ1) is 22.0. The number of nitrogens with zero attached hydrogens (tertiary/aromatic N) is 7. The number of aryl methyl sites for hydroxylation is 1. The fourth-order valence-electron chi connectivity index (χ4n) is 4.27. The fourth-order valence-corrected chi connectivity index (χ4v) is 5.27. The van der Waals surface area contributed by atoms with Crippen molar-refractivity contribution in [1.82, 2.24) is 35.2 Å². The molecule has 0 saturated heterocycles. The molecule has 46 heavy (non-hydrogen) atoms. The van der Waals surface area contributed by atoms with Crippen LogP contribution in [0.1, 0.15) is 33.3 Å². The van der Waals surface area contributed by atoms with Crippen molar-refractivity contribution in [1.29, 1.82) is 0 Å². The van der Waals surface area contributed by atoms with Gasteiger partial charge in [-0.15, -0.1) is 10.2 Å². The van der Waals surface area contributed by atoms with Crippen molar-refractivity contribution in [3.63, 3.8) is 0 Å². The lowest BCUT2D eigenvalue weighted by Gasteiger charge is -2.20. The molecule has 0 bridgehead atoms. The standard InChI is InChI=1S/C31H34N8O6S/c1-6-39-36-28(35-38-39)23-19-20(15-16-32-23)27-33-29(37-46(41,42)22-13-11-21(12-14-22)31(2,3)4)26(30(34-27)44-18-17-40)45-25-10-8-7-9-24(25)43-5/h7-16,19,40H,6,17-18H2,1-5H3,(H,33,34,37). The third kappa shape index (κ3) is 7.21. The van der Waals surface area contributed by atoms with Gasteiger partial charge >= 0.3 is 0 Å². The number of pyridine rings is 1. The number of para-hydroxylation sites is 2. The van der Waals surface area contributed by atoms with Gasteiger partial charge in [0.05, 0.1) is 25.2 Å². The Morgan fingerprint density at radius 3 is 2.37 bits per heavy atom. The summed E-state index contributed by atoms with van der Waals surface area (Å²) in [6, 6.07) is 16.7. The molecule has 0 radical (unpaired) electrons. The molecule has 5 rings (SSSR count). The second kappa shape index (κ2) is 13.5. The SMILES string of the molecule is CCn1nnc(-c2cc(-c3nc(NS(=O)(=O)c4ccc(C(C)(C)C)cc4)c(Oc4ccccc4OC)c(OCCO)n3)ccn2)n1. The van der Waals surface area contributed by atoms with E-state index in [4.69, 9.17) is 14.2 Å². The Kier molecular flexibility index (Phi) is 9.44. The maximum Gasteiger partial charge on any atom is 0.263 e. The van der Waals surface area contributed by atoms with Gasteiger partial charge in [0, 0.05) is 11.8 Å². The Morgan fingerprint density at radius 2 is 1.72 bits per heavy atom. The minimum atomic E-state index is -4.19. The van der Waals surface area contributed by atoms with Gasteiger partial charge in [0.2, 0.25) is 11.6 Å². The summed E-state index contributed by atoms with van der Waals surface area (Å²) in [6.07, 6.45) is 1.52. The highest BCUT2D eigenvalue weighted by molar-refractivity contribution is 7.92. The first-order valence-corrected chi connectivity index (χ1v) is 15.8. The first-order valence-electron chi connectivity index (χ1n) is 14.4. The number of hydrogen-bond acceptors (Lipinski definition) is 12. The van der Waals surface area contributed by atoms with Gasteiger partial charge in [-0.2, -0.15) is 9.78 Å². The highest BCUT2D eigenvalue weighted by Gasteiger charge is 2.26. The van der Waals surface area contributed by atoms with E-state index in [-0.39, 0.29) is 58.4 Å². The van der Waals surface area contributed by atoms with Crippen molar-refractivity contribution in [2.75, 3.05) is 25.0 Å². The van der Waals surface area contributed by atoms with E-state index in [1.165, 1.54) is 30.2 Å². The lowest BCUT2D eigenvalue weighted by atomic mass is 9.87. The fraction of sp³-hybridized carbons (Fsp3) is 0.290. The highest BCUT2D eigenvalue weighted by Crippen LogP contribution is 2.42. The third-order valence-electron chi connectivity index (χ3n) is 6.69. The number of aliphatic hydroxyl groups excluding tert-OH is 1. The van der Waals surface area contributed by atoms with Crippen LogP contribution < -0.4 is 18.9 Å². The lowest BCUT2D eigenvalue weighted by molar-refractivity contribution is 0.192. The van der Waals surface area contributed by atoms with Gasteiger partial charge in [0.25, 0.3) is 15.9 Å². The molecular weight excluding hydrogens is 612 g/mol. The third-order valence-corrected chi connectivity index (χ3v) is 8.05. The molecule has 3 heterocycles. The van der Waals surface area contributed by atoms with Crippen molar-refractivity contribution in [3.05, 3.63) is 72.4 Å². The molecule has 0 aliphatic heterocycles. The average molecular weight is 647 g/mol. The van der Waals surface area contributed by atoms with Gasteiger partial charge in [0.15, 0.2) is 23.1 Å². The molecule has 240 valence electrons. The zero-order valence-corrected chi connectivity index (χ0v) is 26.8. The Bertz CT molecular complexity index is 1920. The zero-order valence-electron chi connectivity index (χ0n) is 26.0. The van der Waals surface area contributed by atoms with Crippen LogP contribution in [-0.4, -0.2) is 69.0 Å². The Balaban J connectivity index is 1.65. The Morgan fingerprint density at radius 1 is 0.978 bits per heavy atom. The molecule has 2 N–H and O–H groups in total. The average Bonchev–Trinajstić information content (AvgIpc) is 3.54. The van der Waals surface area contributed by atoms with E-state index in [0.29, 0.717) is 23.6 Å². The summed E-state index contributed by atoms with van der Waals surface area (Å²) in [5.41, 5.74) is 1.65. The lowest BCUT2D eigenvalue weighted by Crippen LogP contribution is -2.17.